The average Bonchev–Trinajstić information content (AvgIpc) is 2.79. The molecule has 0 unspecified atom stereocenters. The Balaban J connectivity index is 2.43. The molecule has 0 amide bonds. The number of hydrogen-bond acceptors (Lipinski definition) is 4. The Morgan fingerprint density at radius 2 is 2.11 bits per heavy atom. The molecule has 3 aromatic rings. The summed E-state index contributed by atoms with van der Waals surface area (Å²) in [6, 6.07) is 7.60. The van der Waals surface area contributed by atoms with Crippen LogP contribution in [0.15, 0.2) is 40.4 Å². The number of benzene rings is 1. The van der Waals surface area contributed by atoms with E-state index in [1.165, 1.54) is 10.8 Å². The lowest BCUT2D eigenvalue weighted by Crippen LogP contribution is -2.21. The fourth-order valence-corrected chi connectivity index (χ4v) is 2.21. The molecule has 0 aliphatic rings. The molecule has 90 valence electrons. The molecule has 0 fully saturated rings. The summed E-state index contributed by atoms with van der Waals surface area (Å²) < 4.78 is 1.48. The summed E-state index contributed by atoms with van der Waals surface area (Å²) in [7, 11) is 0. The van der Waals surface area contributed by atoms with E-state index in [0.29, 0.717) is 16.2 Å². The van der Waals surface area contributed by atoms with Gasteiger partial charge in [0.05, 0.1) is 11.9 Å². The fraction of sp³-hybridized carbons (Fsp3) is 0.0833. The summed E-state index contributed by atoms with van der Waals surface area (Å²) in [4.78, 5) is 16.6. The molecule has 5 nitrogen and oxygen atoms in total. The van der Waals surface area contributed by atoms with Gasteiger partial charge in [0.1, 0.15) is 5.39 Å². The van der Waals surface area contributed by atoms with Gasteiger partial charge in [-0.25, -0.2) is 4.98 Å². The lowest BCUT2D eigenvalue weighted by atomic mass is 10.2. The molecule has 18 heavy (non-hydrogen) atoms. The second-order valence-corrected chi connectivity index (χ2v) is 4.37. The number of H-pyrrole nitrogens is 1. The number of rotatable bonds is 1. The number of aromatic nitrogens is 4. The maximum Gasteiger partial charge on any atom is 0.269 e. The van der Waals surface area contributed by atoms with E-state index >= 15 is 0 Å². The van der Waals surface area contributed by atoms with E-state index in [1.54, 1.807) is 0 Å². The van der Waals surface area contributed by atoms with Crippen molar-refractivity contribution in [3.63, 3.8) is 0 Å². The second kappa shape index (κ2) is 3.99. The zero-order valence-corrected chi connectivity index (χ0v) is 10.5. The van der Waals surface area contributed by atoms with Gasteiger partial charge < -0.3 is 0 Å². The maximum atomic E-state index is 12.4. The lowest BCUT2D eigenvalue weighted by Gasteiger charge is -2.10. The first-order chi connectivity index (χ1) is 8.68. The van der Waals surface area contributed by atoms with Crippen LogP contribution in [0.4, 0.5) is 0 Å². The minimum Gasteiger partial charge on any atom is -0.268 e. The fourth-order valence-electron chi connectivity index (χ4n) is 1.91. The summed E-state index contributed by atoms with van der Waals surface area (Å²) in [5.74, 6) is 0. The Hall–Kier alpha value is -2.08. The van der Waals surface area contributed by atoms with Gasteiger partial charge in [0, 0.05) is 0 Å². The van der Waals surface area contributed by atoms with Crippen molar-refractivity contribution >= 4 is 23.7 Å². The molecule has 0 radical (unpaired) electrons. The zero-order valence-electron chi connectivity index (χ0n) is 9.58. The molecule has 0 saturated heterocycles. The summed E-state index contributed by atoms with van der Waals surface area (Å²) in [5, 5.41) is 7.29. The second-order valence-electron chi connectivity index (χ2n) is 3.97. The molecule has 0 aliphatic heterocycles. The van der Waals surface area contributed by atoms with E-state index in [1.807, 2.05) is 31.2 Å². The summed E-state index contributed by atoms with van der Waals surface area (Å²) >= 11 is 4.28. The quantitative estimate of drug-likeness (QED) is 0.516. The van der Waals surface area contributed by atoms with Crippen molar-refractivity contribution in [2.45, 2.75) is 12.1 Å². The first kappa shape index (κ1) is 11.0. The van der Waals surface area contributed by atoms with Gasteiger partial charge in [0.25, 0.3) is 5.56 Å². The van der Waals surface area contributed by atoms with Crippen LogP contribution < -0.4 is 5.56 Å². The van der Waals surface area contributed by atoms with Gasteiger partial charge in [-0.3, -0.25) is 14.5 Å². The number of para-hydroxylation sites is 1. The van der Waals surface area contributed by atoms with E-state index in [9.17, 15) is 4.79 Å². The van der Waals surface area contributed by atoms with E-state index in [-0.39, 0.29) is 5.56 Å². The van der Waals surface area contributed by atoms with Crippen molar-refractivity contribution in [2.24, 2.45) is 0 Å². The van der Waals surface area contributed by atoms with Crippen LogP contribution in [0.5, 0.6) is 0 Å². The Kier molecular flexibility index (Phi) is 2.45. The number of hydrogen-bond donors (Lipinski definition) is 2. The molecule has 0 aliphatic carbocycles. The number of nitrogens with one attached hydrogen (secondary N) is 1. The number of nitrogens with zero attached hydrogens (tertiary/aromatic N) is 3. The Bertz CT molecular complexity index is 790. The highest BCUT2D eigenvalue weighted by atomic mass is 32.1. The minimum atomic E-state index is -0.173. The molecule has 2 heterocycles. The third-order valence-corrected chi connectivity index (χ3v) is 3.12. The molecule has 2 aromatic heterocycles. The SMILES string of the molecule is Cc1ccccc1-n1c(S)nc2[nH]ncc2c1=O. The molecular weight excluding hydrogens is 248 g/mol. The molecule has 0 bridgehead atoms. The van der Waals surface area contributed by atoms with Gasteiger partial charge in [-0.05, 0) is 18.6 Å². The molecule has 1 aromatic carbocycles. The van der Waals surface area contributed by atoms with Crippen LogP contribution in [-0.4, -0.2) is 19.7 Å². The largest absolute Gasteiger partial charge is 0.269 e. The van der Waals surface area contributed by atoms with Crippen LogP contribution in [0.2, 0.25) is 0 Å². The number of fused-ring (bicyclic) bond motifs is 1. The summed E-state index contributed by atoms with van der Waals surface area (Å²) in [6.07, 6.45) is 1.48. The highest BCUT2D eigenvalue weighted by Crippen LogP contribution is 2.16. The van der Waals surface area contributed by atoms with Gasteiger partial charge in [0.2, 0.25) is 0 Å². The molecule has 3 rings (SSSR count). The van der Waals surface area contributed by atoms with Gasteiger partial charge in [0.15, 0.2) is 10.8 Å². The van der Waals surface area contributed by atoms with Gasteiger partial charge >= 0.3 is 0 Å². The standard InChI is InChI=1S/C12H10N4OS/c1-7-4-2-3-5-9(7)16-11(17)8-6-13-15-10(8)14-12(16)18/h2-6H,1H3,(H2,13,14,15,18). The van der Waals surface area contributed by atoms with Crippen molar-refractivity contribution < 1.29 is 0 Å². The Morgan fingerprint density at radius 3 is 2.89 bits per heavy atom. The molecule has 0 atom stereocenters. The zero-order chi connectivity index (χ0) is 12.7. The lowest BCUT2D eigenvalue weighted by molar-refractivity contribution is 0.815. The van der Waals surface area contributed by atoms with E-state index in [4.69, 9.17) is 0 Å². The van der Waals surface area contributed by atoms with Gasteiger partial charge in [-0.15, -0.1) is 12.6 Å². The summed E-state index contributed by atoms with van der Waals surface area (Å²) in [6.45, 7) is 1.94. The van der Waals surface area contributed by atoms with Crippen LogP contribution >= 0.6 is 12.6 Å². The Morgan fingerprint density at radius 1 is 1.33 bits per heavy atom. The molecule has 0 spiro atoms. The first-order valence-electron chi connectivity index (χ1n) is 5.39. The molecule has 0 saturated carbocycles. The molecule has 1 N–H and O–H groups in total. The first-order valence-corrected chi connectivity index (χ1v) is 5.84. The van der Waals surface area contributed by atoms with Crippen LogP contribution in [-0.2, 0) is 0 Å². The predicted octanol–water partition coefficient (Wildman–Crippen LogP) is 1.71. The van der Waals surface area contributed by atoms with E-state index < -0.39 is 0 Å². The van der Waals surface area contributed by atoms with E-state index in [0.717, 1.165) is 11.3 Å². The topological polar surface area (TPSA) is 63.6 Å². The van der Waals surface area contributed by atoms with Gasteiger partial charge in [-0.2, -0.15) is 5.10 Å². The van der Waals surface area contributed by atoms with Crippen molar-refractivity contribution in [1.82, 2.24) is 19.7 Å². The highest BCUT2D eigenvalue weighted by molar-refractivity contribution is 7.80. The Labute approximate surface area is 108 Å². The molecule has 6 heteroatoms. The van der Waals surface area contributed by atoms with Crippen molar-refractivity contribution in [3.05, 3.63) is 46.4 Å². The summed E-state index contributed by atoms with van der Waals surface area (Å²) in [5.41, 5.74) is 2.05. The van der Waals surface area contributed by atoms with Gasteiger partial charge in [-0.1, -0.05) is 18.2 Å². The third kappa shape index (κ3) is 1.53. The van der Waals surface area contributed by atoms with Crippen molar-refractivity contribution in [2.75, 3.05) is 0 Å². The number of aromatic amines is 1. The average molecular weight is 258 g/mol. The predicted molar refractivity (Wildman–Crippen MR) is 71.5 cm³/mol. The highest BCUT2D eigenvalue weighted by Gasteiger charge is 2.12. The monoisotopic (exact) mass is 258 g/mol. The third-order valence-electron chi connectivity index (χ3n) is 2.82. The smallest absolute Gasteiger partial charge is 0.268 e. The van der Waals surface area contributed by atoms with Crippen molar-refractivity contribution in [3.8, 4) is 5.69 Å². The maximum absolute atomic E-state index is 12.4. The van der Waals surface area contributed by atoms with Crippen LogP contribution in [0.1, 0.15) is 5.56 Å². The van der Waals surface area contributed by atoms with Crippen LogP contribution in [0.3, 0.4) is 0 Å². The van der Waals surface area contributed by atoms with E-state index in [2.05, 4.69) is 27.8 Å². The molecular formula is C12H10N4OS. The normalized spacial score (nSPS) is 11.0. The van der Waals surface area contributed by atoms with Crippen LogP contribution in [0.25, 0.3) is 16.7 Å². The minimum absolute atomic E-state index is 0.173. The van der Waals surface area contributed by atoms with Crippen LogP contribution in [0, 0.1) is 6.92 Å². The van der Waals surface area contributed by atoms with Crippen molar-refractivity contribution in [1.29, 1.82) is 0 Å². The number of aryl methyl sites for hydroxylation is 1. The number of thiol groups is 1.